The highest BCUT2D eigenvalue weighted by Crippen LogP contribution is 2.28. The van der Waals surface area contributed by atoms with Crippen molar-refractivity contribution in [2.24, 2.45) is 5.92 Å². The van der Waals surface area contributed by atoms with E-state index in [4.69, 9.17) is 0 Å². The van der Waals surface area contributed by atoms with Crippen molar-refractivity contribution >= 4 is 11.6 Å². The van der Waals surface area contributed by atoms with E-state index in [1.54, 1.807) is 0 Å². The number of hydrogen-bond acceptors (Lipinski definition) is 4. The van der Waals surface area contributed by atoms with Gasteiger partial charge in [-0.25, -0.2) is 9.97 Å². The van der Waals surface area contributed by atoms with Gasteiger partial charge >= 0.3 is 0 Å². The SMILES string of the molecule is CCCNc1nc(C)nc(N(C)CC2CCCC2)c1C. The Morgan fingerprint density at radius 2 is 1.90 bits per heavy atom. The summed E-state index contributed by atoms with van der Waals surface area (Å²) in [5.41, 5.74) is 1.17. The van der Waals surface area contributed by atoms with Crippen LogP contribution >= 0.6 is 0 Å². The van der Waals surface area contributed by atoms with E-state index in [-0.39, 0.29) is 0 Å². The molecule has 4 heteroatoms. The number of aryl methyl sites for hydroxylation is 1. The molecule has 0 unspecified atom stereocenters. The van der Waals surface area contributed by atoms with Crippen molar-refractivity contribution in [1.82, 2.24) is 9.97 Å². The first-order valence-electron chi connectivity index (χ1n) is 7.92. The van der Waals surface area contributed by atoms with Gasteiger partial charge in [-0.05, 0) is 39.0 Å². The van der Waals surface area contributed by atoms with Crippen molar-refractivity contribution in [3.63, 3.8) is 0 Å². The Morgan fingerprint density at radius 3 is 2.55 bits per heavy atom. The monoisotopic (exact) mass is 276 g/mol. The molecule has 1 heterocycles. The van der Waals surface area contributed by atoms with Crippen molar-refractivity contribution in [3.05, 3.63) is 11.4 Å². The van der Waals surface area contributed by atoms with Crippen molar-refractivity contribution in [2.45, 2.75) is 52.9 Å². The highest BCUT2D eigenvalue weighted by atomic mass is 15.2. The summed E-state index contributed by atoms with van der Waals surface area (Å²) in [5, 5.41) is 3.41. The summed E-state index contributed by atoms with van der Waals surface area (Å²) in [7, 11) is 2.16. The summed E-state index contributed by atoms with van der Waals surface area (Å²) >= 11 is 0. The third-order valence-corrected chi connectivity index (χ3v) is 4.14. The quantitative estimate of drug-likeness (QED) is 0.863. The molecule has 1 N–H and O–H groups in total. The van der Waals surface area contributed by atoms with Crippen molar-refractivity contribution < 1.29 is 0 Å². The molecule has 0 atom stereocenters. The molecule has 0 bridgehead atoms. The Balaban J connectivity index is 2.14. The van der Waals surface area contributed by atoms with Crippen LogP contribution in [0, 0.1) is 19.8 Å². The van der Waals surface area contributed by atoms with Crippen LogP contribution in [0.4, 0.5) is 11.6 Å². The molecule has 0 radical (unpaired) electrons. The summed E-state index contributed by atoms with van der Waals surface area (Å²) in [4.78, 5) is 11.5. The first kappa shape index (κ1) is 15.1. The summed E-state index contributed by atoms with van der Waals surface area (Å²) in [6, 6.07) is 0. The molecule has 1 aliphatic carbocycles. The average molecular weight is 276 g/mol. The fourth-order valence-electron chi connectivity index (χ4n) is 3.07. The van der Waals surface area contributed by atoms with Gasteiger partial charge in [0.25, 0.3) is 0 Å². The first-order valence-corrected chi connectivity index (χ1v) is 7.92. The second kappa shape index (κ2) is 6.91. The second-order valence-electron chi connectivity index (χ2n) is 6.03. The summed E-state index contributed by atoms with van der Waals surface area (Å²) in [6.07, 6.45) is 6.63. The molecular weight excluding hydrogens is 248 g/mol. The van der Waals surface area contributed by atoms with Crippen LogP contribution < -0.4 is 10.2 Å². The van der Waals surface area contributed by atoms with Crippen molar-refractivity contribution in [1.29, 1.82) is 0 Å². The van der Waals surface area contributed by atoms with Crippen LogP contribution in [0.3, 0.4) is 0 Å². The third-order valence-electron chi connectivity index (χ3n) is 4.14. The predicted octanol–water partition coefficient (Wildman–Crippen LogP) is 3.54. The molecule has 1 fully saturated rings. The maximum absolute atomic E-state index is 4.66. The molecule has 0 aliphatic heterocycles. The molecule has 0 aromatic carbocycles. The molecule has 20 heavy (non-hydrogen) atoms. The van der Waals surface area contributed by atoms with Gasteiger partial charge in [0, 0.05) is 25.7 Å². The van der Waals surface area contributed by atoms with Crippen LogP contribution in [0.1, 0.15) is 50.4 Å². The number of nitrogens with one attached hydrogen (secondary N) is 1. The van der Waals surface area contributed by atoms with E-state index in [2.05, 4.69) is 41.1 Å². The van der Waals surface area contributed by atoms with Crippen LogP contribution in [0.25, 0.3) is 0 Å². The van der Waals surface area contributed by atoms with Gasteiger partial charge in [-0.15, -0.1) is 0 Å². The molecule has 1 aliphatic rings. The van der Waals surface area contributed by atoms with Gasteiger partial charge < -0.3 is 10.2 Å². The number of rotatable bonds is 6. The molecule has 2 rings (SSSR count). The topological polar surface area (TPSA) is 41.1 Å². The summed E-state index contributed by atoms with van der Waals surface area (Å²) in [6.45, 7) is 8.35. The molecular formula is C16H28N4. The lowest BCUT2D eigenvalue weighted by Gasteiger charge is -2.25. The Bertz CT molecular complexity index is 438. The van der Waals surface area contributed by atoms with E-state index in [0.29, 0.717) is 0 Å². The van der Waals surface area contributed by atoms with Gasteiger partial charge in [0.05, 0.1) is 0 Å². The van der Waals surface area contributed by atoms with E-state index in [1.165, 1.54) is 31.2 Å². The zero-order valence-electron chi connectivity index (χ0n) is 13.4. The standard InChI is InChI=1S/C16H28N4/c1-5-10-17-15-12(2)16(19-13(3)18-15)20(4)11-14-8-6-7-9-14/h14H,5-11H2,1-4H3,(H,17,18,19). The molecule has 4 nitrogen and oxygen atoms in total. The molecule has 0 saturated heterocycles. The van der Waals surface area contributed by atoms with Crippen LogP contribution in [0.2, 0.25) is 0 Å². The Labute approximate surface area is 123 Å². The zero-order valence-corrected chi connectivity index (χ0v) is 13.4. The number of aromatic nitrogens is 2. The maximum atomic E-state index is 4.66. The van der Waals surface area contributed by atoms with E-state index < -0.39 is 0 Å². The summed E-state index contributed by atoms with van der Waals surface area (Å²) < 4.78 is 0. The highest BCUT2D eigenvalue weighted by molar-refractivity contribution is 5.58. The molecule has 1 aromatic rings. The zero-order chi connectivity index (χ0) is 14.5. The lowest BCUT2D eigenvalue weighted by molar-refractivity contribution is 0.544. The molecule has 1 aromatic heterocycles. The average Bonchev–Trinajstić information content (AvgIpc) is 2.92. The van der Waals surface area contributed by atoms with E-state index in [0.717, 1.165) is 42.9 Å². The minimum atomic E-state index is 0.835. The van der Waals surface area contributed by atoms with E-state index in [9.17, 15) is 0 Å². The molecule has 0 amide bonds. The predicted molar refractivity (Wildman–Crippen MR) is 85.5 cm³/mol. The normalized spacial score (nSPS) is 15.6. The van der Waals surface area contributed by atoms with Gasteiger partial charge in [-0.2, -0.15) is 0 Å². The fourth-order valence-corrected chi connectivity index (χ4v) is 3.07. The van der Waals surface area contributed by atoms with Crippen LogP contribution in [-0.4, -0.2) is 30.1 Å². The first-order chi connectivity index (χ1) is 9.61. The van der Waals surface area contributed by atoms with E-state index >= 15 is 0 Å². The van der Waals surface area contributed by atoms with Crippen LogP contribution in [0.15, 0.2) is 0 Å². The smallest absolute Gasteiger partial charge is 0.137 e. The van der Waals surface area contributed by atoms with Crippen LogP contribution in [0.5, 0.6) is 0 Å². The lowest BCUT2D eigenvalue weighted by atomic mass is 10.1. The largest absolute Gasteiger partial charge is 0.370 e. The molecule has 0 spiro atoms. The minimum absolute atomic E-state index is 0.835. The molecule has 112 valence electrons. The van der Waals surface area contributed by atoms with Gasteiger partial charge in [-0.1, -0.05) is 19.8 Å². The van der Waals surface area contributed by atoms with Crippen molar-refractivity contribution in [2.75, 3.05) is 30.4 Å². The minimum Gasteiger partial charge on any atom is -0.370 e. The third kappa shape index (κ3) is 3.62. The van der Waals surface area contributed by atoms with Crippen molar-refractivity contribution in [3.8, 4) is 0 Å². The fraction of sp³-hybridized carbons (Fsp3) is 0.750. The van der Waals surface area contributed by atoms with Gasteiger partial charge in [-0.3, -0.25) is 0 Å². The number of hydrogen-bond donors (Lipinski definition) is 1. The second-order valence-corrected chi connectivity index (χ2v) is 6.03. The van der Waals surface area contributed by atoms with Gasteiger partial charge in [0.15, 0.2) is 0 Å². The molecule has 1 saturated carbocycles. The Kier molecular flexibility index (Phi) is 5.21. The number of nitrogens with zero attached hydrogens (tertiary/aromatic N) is 3. The number of anilines is 2. The maximum Gasteiger partial charge on any atom is 0.137 e. The van der Waals surface area contributed by atoms with Gasteiger partial charge in [0.2, 0.25) is 0 Å². The lowest BCUT2D eigenvalue weighted by Crippen LogP contribution is -2.26. The Hall–Kier alpha value is -1.32. The highest BCUT2D eigenvalue weighted by Gasteiger charge is 2.19. The summed E-state index contributed by atoms with van der Waals surface area (Å²) in [5.74, 6) is 3.76. The Morgan fingerprint density at radius 1 is 1.20 bits per heavy atom. The van der Waals surface area contributed by atoms with E-state index in [1.807, 2.05) is 6.92 Å². The van der Waals surface area contributed by atoms with Gasteiger partial charge in [0.1, 0.15) is 17.5 Å². The van der Waals surface area contributed by atoms with Crippen LogP contribution in [-0.2, 0) is 0 Å².